The van der Waals surface area contributed by atoms with Gasteiger partial charge in [-0.2, -0.15) is 5.10 Å². The number of rotatable bonds is 6. The van der Waals surface area contributed by atoms with Crippen LogP contribution in [0, 0.1) is 13.8 Å². The third kappa shape index (κ3) is 3.58. The highest BCUT2D eigenvalue weighted by molar-refractivity contribution is 5.80. The number of anilines is 1. The van der Waals surface area contributed by atoms with Gasteiger partial charge in [0.05, 0.1) is 18.9 Å². The van der Waals surface area contributed by atoms with Crippen molar-refractivity contribution in [1.29, 1.82) is 0 Å². The maximum absolute atomic E-state index is 5.52. The van der Waals surface area contributed by atoms with Crippen molar-refractivity contribution >= 4 is 11.6 Å². The first-order chi connectivity index (χ1) is 14.1. The van der Waals surface area contributed by atoms with Crippen LogP contribution in [0.25, 0.3) is 16.8 Å². The van der Waals surface area contributed by atoms with E-state index < -0.39 is 0 Å². The molecule has 29 heavy (non-hydrogen) atoms. The van der Waals surface area contributed by atoms with Gasteiger partial charge in [0, 0.05) is 36.6 Å². The van der Waals surface area contributed by atoms with E-state index in [4.69, 9.17) is 4.74 Å². The number of allylic oxidation sites excluding steroid dienone is 2. The van der Waals surface area contributed by atoms with Crippen molar-refractivity contribution in [2.24, 2.45) is 7.05 Å². The van der Waals surface area contributed by atoms with Crippen LogP contribution in [0.4, 0.5) is 5.95 Å². The standard InChI is InChI=1S/C21H25N7O/c1-5-6-7-16(17-8-9-29-12-17)10-22-21-23-11-18(20-25-24-13-28(20)21)19-14(2)26-27(4)15(19)3/h5-7,11,13H,1,8-10,12H2,2-4H3,(H,22,23)/b7-6-,17-16+. The molecule has 4 rings (SSSR count). The second kappa shape index (κ2) is 8.00. The van der Waals surface area contributed by atoms with E-state index in [-0.39, 0.29) is 0 Å². The molecule has 3 aromatic heterocycles. The van der Waals surface area contributed by atoms with Gasteiger partial charge in [0.15, 0.2) is 5.65 Å². The van der Waals surface area contributed by atoms with Crippen LogP contribution >= 0.6 is 0 Å². The fraction of sp³-hybridized carbons (Fsp3) is 0.333. The molecule has 0 unspecified atom stereocenters. The number of aryl methyl sites for hydroxylation is 2. The molecule has 4 heterocycles. The van der Waals surface area contributed by atoms with Gasteiger partial charge in [0.25, 0.3) is 0 Å². The number of nitrogens with zero attached hydrogens (tertiary/aromatic N) is 6. The van der Waals surface area contributed by atoms with Gasteiger partial charge >= 0.3 is 0 Å². The quantitative estimate of drug-likeness (QED) is 0.651. The lowest BCUT2D eigenvalue weighted by Crippen LogP contribution is -2.11. The molecular formula is C21H25N7O. The highest BCUT2D eigenvalue weighted by atomic mass is 16.5. The third-order valence-corrected chi connectivity index (χ3v) is 5.26. The first kappa shape index (κ1) is 19.1. The van der Waals surface area contributed by atoms with Gasteiger partial charge in [-0.15, -0.1) is 10.2 Å². The number of fused-ring (bicyclic) bond motifs is 1. The average Bonchev–Trinajstić information content (AvgIpc) is 3.45. The van der Waals surface area contributed by atoms with Gasteiger partial charge in [-0.1, -0.05) is 24.8 Å². The molecule has 1 fully saturated rings. The third-order valence-electron chi connectivity index (χ3n) is 5.26. The van der Waals surface area contributed by atoms with Crippen LogP contribution in [0.5, 0.6) is 0 Å². The van der Waals surface area contributed by atoms with E-state index in [9.17, 15) is 0 Å². The minimum absolute atomic E-state index is 0.633. The maximum Gasteiger partial charge on any atom is 0.210 e. The molecule has 0 aromatic carbocycles. The molecule has 1 aliphatic rings. The summed E-state index contributed by atoms with van der Waals surface area (Å²) in [6.07, 6.45) is 10.3. The minimum atomic E-state index is 0.633. The molecule has 0 spiro atoms. The number of nitrogens with one attached hydrogen (secondary N) is 1. The molecule has 0 saturated carbocycles. The molecule has 0 radical (unpaired) electrons. The van der Waals surface area contributed by atoms with Crippen molar-refractivity contribution in [1.82, 2.24) is 29.4 Å². The first-order valence-corrected chi connectivity index (χ1v) is 9.61. The van der Waals surface area contributed by atoms with Crippen LogP contribution in [0.15, 0.2) is 48.5 Å². The van der Waals surface area contributed by atoms with E-state index in [1.165, 1.54) is 11.1 Å². The van der Waals surface area contributed by atoms with E-state index >= 15 is 0 Å². The largest absolute Gasteiger partial charge is 0.377 e. The van der Waals surface area contributed by atoms with Crippen molar-refractivity contribution in [3.05, 3.63) is 59.9 Å². The van der Waals surface area contributed by atoms with Gasteiger partial charge in [-0.25, -0.2) is 4.98 Å². The van der Waals surface area contributed by atoms with Crippen LogP contribution in [0.3, 0.4) is 0 Å². The zero-order chi connectivity index (χ0) is 20.4. The van der Waals surface area contributed by atoms with Gasteiger partial charge in [-0.3, -0.25) is 9.08 Å². The van der Waals surface area contributed by atoms with Gasteiger partial charge in [0.1, 0.15) is 6.33 Å². The number of hydrogen-bond acceptors (Lipinski definition) is 6. The van der Waals surface area contributed by atoms with Gasteiger partial charge in [-0.05, 0) is 31.4 Å². The fourth-order valence-corrected chi connectivity index (χ4v) is 3.67. The van der Waals surface area contributed by atoms with Crippen molar-refractivity contribution < 1.29 is 4.74 Å². The van der Waals surface area contributed by atoms with Gasteiger partial charge in [0.2, 0.25) is 5.95 Å². The Bertz CT molecular complexity index is 1110. The van der Waals surface area contributed by atoms with Crippen molar-refractivity contribution in [3.63, 3.8) is 0 Å². The molecule has 8 heteroatoms. The summed E-state index contributed by atoms with van der Waals surface area (Å²) in [5, 5.41) is 16.4. The Kier molecular flexibility index (Phi) is 5.26. The van der Waals surface area contributed by atoms with Crippen molar-refractivity contribution in [2.45, 2.75) is 20.3 Å². The Balaban J connectivity index is 1.68. The summed E-state index contributed by atoms with van der Waals surface area (Å²) in [4.78, 5) is 4.66. The summed E-state index contributed by atoms with van der Waals surface area (Å²) in [6, 6.07) is 0. The second-order valence-electron chi connectivity index (χ2n) is 7.07. The van der Waals surface area contributed by atoms with Crippen molar-refractivity contribution in [2.75, 3.05) is 25.1 Å². The molecule has 1 N–H and O–H groups in total. The molecule has 0 bridgehead atoms. The van der Waals surface area contributed by atoms with Crippen LogP contribution in [-0.2, 0) is 11.8 Å². The minimum Gasteiger partial charge on any atom is -0.377 e. The lowest BCUT2D eigenvalue weighted by Gasteiger charge is -2.12. The van der Waals surface area contributed by atoms with Crippen LogP contribution < -0.4 is 5.32 Å². The zero-order valence-electron chi connectivity index (χ0n) is 17.0. The van der Waals surface area contributed by atoms with E-state index in [0.717, 1.165) is 41.2 Å². The Morgan fingerprint density at radius 1 is 1.38 bits per heavy atom. The normalized spacial score (nSPS) is 16.1. The predicted octanol–water partition coefficient (Wildman–Crippen LogP) is 3.01. The summed E-state index contributed by atoms with van der Waals surface area (Å²) in [7, 11) is 1.94. The molecule has 0 amide bonds. The lowest BCUT2D eigenvalue weighted by atomic mass is 10.1. The SMILES string of the molecule is C=C/C=C\C(CNc1ncc(-c2c(C)nn(C)c2C)c2nncn12)=C1\CCOC1. The number of aromatic nitrogens is 6. The summed E-state index contributed by atoms with van der Waals surface area (Å²) >= 11 is 0. The predicted molar refractivity (Wildman–Crippen MR) is 113 cm³/mol. The fourth-order valence-electron chi connectivity index (χ4n) is 3.67. The Hall–Kier alpha value is -3.26. The molecule has 0 atom stereocenters. The van der Waals surface area contributed by atoms with Crippen LogP contribution in [-0.4, -0.2) is 49.1 Å². The number of hydrogen-bond donors (Lipinski definition) is 1. The molecule has 3 aromatic rings. The zero-order valence-corrected chi connectivity index (χ0v) is 17.0. The van der Waals surface area contributed by atoms with E-state index in [2.05, 4.69) is 38.3 Å². The Morgan fingerprint density at radius 2 is 2.24 bits per heavy atom. The molecule has 0 aliphatic carbocycles. The lowest BCUT2D eigenvalue weighted by molar-refractivity contribution is 0.204. The maximum atomic E-state index is 5.52. The molecule has 1 saturated heterocycles. The van der Waals surface area contributed by atoms with Crippen LogP contribution in [0.2, 0.25) is 0 Å². The first-order valence-electron chi connectivity index (χ1n) is 9.61. The van der Waals surface area contributed by atoms with E-state index in [0.29, 0.717) is 19.1 Å². The van der Waals surface area contributed by atoms with E-state index in [1.54, 1.807) is 12.4 Å². The summed E-state index contributed by atoms with van der Waals surface area (Å²) in [5.41, 5.74) is 7.22. The molecule has 150 valence electrons. The Labute approximate surface area is 169 Å². The van der Waals surface area contributed by atoms with E-state index in [1.807, 2.05) is 42.3 Å². The average molecular weight is 391 g/mol. The summed E-state index contributed by atoms with van der Waals surface area (Å²) < 4.78 is 9.28. The molecule has 1 aliphatic heterocycles. The molecular weight excluding hydrogens is 366 g/mol. The Morgan fingerprint density at radius 3 is 2.93 bits per heavy atom. The topological polar surface area (TPSA) is 82.2 Å². The van der Waals surface area contributed by atoms with Crippen molar-refractivity contribution in [3.8, 4) is 11.1 Å². The number of ether oxygens (including phenoxy) is 1. The second-order valence-corrected chi connectivity index (χ2v) is 7.07. The van der Waals surface area contributed by atoms with Gasteiger partial charge < -0.3 is 10.1 Å². The highest BCUT2D eigenvalue weighted by Crippen LogP contribution is 2.30. The monoisotopic (exact) mass is 391 g/mol. The summed E-state index contributed by atoms with van der Waals surface area (Å²) in [5.74, 6) is 0.692. The summed E-state index contributed by atoms with van der Waals surface area (Å²) in [6.45, 7) is 9.88. The smallest absolute Gasteiger partial charge is 0.210 e. The van der Waals surface area contributed by atoms with Crippen LogP contribution in [0.1, 0.15) is 17.8 Å². The highest BCUT2D eigenvalue weighted by Gasteiger charge is 2.18. The molecule has 8 nitrogen and oxygen atoms in total.